The van der Waals surface area contributed by atoms with Crippen LogP contribution < -0.4 is 4.90 Å². The standard InChI is InChI=1S/C15H25N3O2S2/c1-3-13-10-18(9-11(2)22(13,19)20)15-16-14(17-21-15)12-7-5-4-6-8-12/h11-13H,3-10H2,1-2H3. The number of hydrogen-bond acceptors (Lipinski definition) is 6. The Balaban J connectivity index is 1.76. The minimum absolute atomic E-state index is 0.279. The first-order chi connectivity index (χ1) is 10.5. The Labute approximate surface area is 137 Å². The molecule has 2 heterocycles. The van der Waals surface area contributed by atoms with Crippen molar-refractivity contribution >= 4 is 26.5 Å². The Kier molecular flexibility index (Phi) is 4.73. The fraction of sp³-hybridized carbons (Fsp3) is 0.867. The van der Waals surface area contributed by atoms with E-state index >= 15 is 0 Å². The Morgan fingerprint density at radius 1 is 1.23 bits per heavy atom. The van der Waals surface area contributed by atoms with E-state index in [9.17, 15) is 8.42 Å². The van der Waals surface area contributed by atoms with E-state index in [4.69, 9.17) is 4.98 Å². The molecule has 2 fully saturated rings. The molecule has 3 rings (SSSR count). The fourth-order valence-electron chi connectivity index (χ4n) is 3.57. The van der Waals surface area contributed by atoms with Crippen LogP contribution in [0.15, 0.2) is 0 Å². The largest absolute Gasteiger partial charge is 0.344 e. The van der Waals surface area contributed by atoms with Crippen molar-refractivity contribution in [1.29, 1.82) is 0 Å². The lowest BCUT2D eigenvalue weighted by Gasteiger charge is -2.35. The number of sulfone groups is 1. The van der Waals surface area contributed by atoms with E-state index in [1.807, 2.05) is 13.8 Å². The van der Waals surface area contributed by atoms with Gasteiger partial charge < -0.3 is 4.90 Å². The fourth-order valence-corrected chi connectivity index (χ4v) is 6.23. The van der Waals surface area contributed by atoms with E-state index in [2.05, 4.69) is 9.27 Å². The quantitative estimate of drug-likeness (QED) is 0.844. The Hall–Kier alpha value is -0.690. The average Bonchev–Trinajstić information content (AvgIpc) is 3.00. The summed E-state index contributed by atoms with van der Waals surface area (Å²) >= 11 is 1.43. The van der Waals surface area contributed by atoms with Crippen LogP contribution in [0.1, 0.15) is 64.1 Å². The molecule has 124 valence electrons. The average molecular weight is 344 g/mol. The number of hydrogen-bond donors (Lipinski definition) is 0. The molecule has 1 aliphatic carbocycles. The number of aromatic nitrogens is 2. The molecule has 0 N–H and O–H groups in total. The van der Waals surface area contributed by atoms with Gasteiger partial charge in [0.1, 0.15) is 5.82 Å². The smallest absolute Gasteiger partial charge is 0.205 e. The highest BCUT2D eigenvalue weighted by Crippen LogP contribution is 2.34. The first kappa shape index (κ1) is 16.2. The molecule has 1 aliphatic heterocycles. The van der Waals surface area contributed by atoms with Crippen LogP contribution in [-0.4, -0.2) is 41.4 Å². The van der Waals surface area contributed by atoms with Crippen LogP contribution >= 0.6 is 11.5 Å². The monoisotopic (exact) mass is 343 g/mol. The lowest BCUT2D eigenvalue weighted by atomic mass is 9.89. The van der Waals surface area contributed by atoms with Crippen molar-refractivity contribution < 1.29 is 8.42 Å². The van der Waals surface area contributed by atoms with Crippen molar-refractivity contribution in [3.05, 3.63) is 5.82 Å². The Bertz CT molecular complexity index is 608. The van der Waals surface area contributed by atoms with Crippen LogP contribution in [0, 0.1) is 0 Å². The molecule has 0 spiro atoms. The lowest BCUT2D eigenvalue weighted by molar-refractivity contribution is 0.431. The molecule has 5 nitrogen and oxygen atoms in total. The van der Waals surface area contributed by atoms with Crippen LogP contribution in [0.2, 0.25) is 0 Å². The number of rotatable bonds is 3. The van der Waals surface area contributed by atoms with E-state index in [0.717, 1.165) is 11.0 Å². The summed E-state index contributed by atoms with van der Waals surface area (Å²) in [6.45, 7) is 4.86. The number of nitrogens with zero attached hydrogens (tertiary/aromatic N) is 3. The highest BCUT2D eigenvalue weighted by atomic mass is 32.2. The molecule has 2 aliphatic rings. The molecule has 22 heavy (non-hydrogen) atoms. The third-order valence-corrected chi connectivity index (χ3v) is 8.53. The van der Waals surface area contributed by atoms with Gasteiger partial charge in [-0.15, -0.1) is 0 Å². The normalized spacial score (nSPS) is 29.6. The van der Waals surface area contributed by atoms with E-state index in [-0.39, 0.29) is 10.5 Å². The van der Waals surface area contributed by atoms with Gasteiger partial charge in [-0.3, -0.25) is 0 Å². The van der Waals surface area contributed by atoms with Gasteiger partial charge in [0.2, 0.25) is 5.13 Å². The van der Waals surface area contributed by atoms with Crippen LogP contribution in [-0.2, 0) is 9.84 Å². The molecular formula is C15H25N3O2S2. The maximum atomic E-state index is 12.3. The van der Waals surface area contributed by atoms with Gasteiger partial charge in [-0.05, 0) is 26.2 Å². The summed E-state index contributed by atoms with van der Waals surface area (Å²) in [5, 5.41) is 0.298. The Morgan fingerprint density at radius 3 is 2.64 bits per heavy atom. The molecule has 0 bridgehead atoms. The highest BCUT2D eigenvalue weighted by Gasteiger charge is 2.38. The van der Waals surface area contributed by atoms with Crippen molar-refractivity contribution in [1.82, 2.24) is 9.36 Å². The van der Waals surface area contributed by atoms with Gasteiger partial charge in [0.15, 0.2) is 9.84 Å². The minimum atomic E-state index is -2.99. The second kappa shape index (κ2) is 6.43. The van der Waals surface area contributed by atoms with E-state index in [1.165, 1.54) is 43.6 Å². The van der Waals surface area contributed by atoms with E-state index in [0.29, 0.717) is 25.4 Å². The molecule has 0 aromatic carbocycles. The van der Waals surface area contributed by atoms with Gasteiger partial charge in [-0.2, -0.15) is 4.37 Å². The summed E-state index contributed by atoms with van der Waals surface area (Å²) in [6.07, 6.45) is 6.92. The second-order valence-corrected chi connectivity index (χ2v) is 9.98. The van der Waals surface area contributed by atoms with Crippen molar-refractivity contribution in [2.24, 2.45) is 0 Å². The summed E-state index contributed by atoms with van der Waals surface area (Å²) in [6, 6.07) is 0. The highest BCUT2D eigenvalue weighted by molar-refractivity contribution is 7.92. The van der Waals surface area contributed by atoms with Gasteiger partial charge in [0, 0.05) is 30.5 Å². The van der Waals surface area contributed by atoms with Crippen LogP contribution in [0.5, 0.6) is 0 Å². The van der Waals surface area contributed by atoms with Gasteiger partial charge in [-0.25, -0.2) is 13.4 Å². The molecule has 7 heteroatoms. The topological polar surface area (TPSA) is 63.2 Å². The summed E-state index contributed by atoms with van der Waals surface area (Å²) in [5.41, 5.74) is 0. The molecule has 1 saturated carbocycles. The molecule has 2 unspecified atom stereocenters. The van der Waals surface area contributed by atoms with Gasteiger partial charge in [0.25, 0.3) is 0 Å². The van der Waals surface area contributed by atoms with Crippen molar-refractivity contribution in [2.45, 2.75) is 68.8 Å². The molecule has 0 radical (unpaired) electrons. The zero-order chi connectivity index (χ0) is 15.7. The zero-order valence-electron chi connectivity index (χ0n) is 13.4. The second-order valence-electron chi connectivity index (χ2n) is 6.60. The third-order valence-electron chi connectivity index (χ3n) is 5.05. The predicted molar refractivity (Wildman–Crippen MR) is 90.4 cm³/mol. The van der Waals surface area contributed by atoms with Crippen molar-refractivity contribution in [3.8, 4) is 0 Å². The van der Waals surface area contributed by atoms with Crippen LogP contribution in [0.25, 0.3) is 0 Å². The molecule has 2 atom stereocenters. The zero-order valence-corrected chi connectivity index (χ0v) is 15.0. The van der Waals surface area contributed by atoms with Gasteiger partial charge in [0.05, 0.1) is 10.5 Å². The molecule has 1 saturated heterocycles. The predicted octanol–water partition coefficient (Wildman–Crippen LogP) is 2.99. The van der Waals surface area contributed by atoms with Gasteiger partial charge >= 0.3 is 0 Å². The summed E-state index contributed by atoms with van der Waals surface area (Å²) in [4.78, 5) is 6.88. The molecular weight excluding hydrogens is 318 g/mol. The van der Waals surface area contributed by atoms with Gasteiger partial charge in [-0.1, -0.05) is 26.2 Å². The maximum absolute atomic E-state index is 12.3. The van der Waals surface area contributed by atoms with Crippen molar-refractivity contribution in [3.63, 3.8) is 0 Å². The lowest BCUT2D eigenvalue weighted by Crippen LogP contribution is -2.51. The number of anilines is 1. The summed E-state index contributed by atoms with van der Waals surface area (Å²) in [7, 11) is -2.99. The van der Waals surface area contributed by atoms with Crippen LogP contribution in [0.4, 0.5) is 5.13 Å². The molecule has 0 amide bonds. The van der Waals surface area contributed by atoms with Crippen LogP contribution in [0.3, 0.4) is 0 Å². The third kappa shape index (κ3) is 3.02. The minimum Gasteiger partial charge on any atom is -0.344 e. The SMILES string of the molecule is CCC1CN(c2nc(C3CCCCC3)ns2)CC(C)S1(=O)=O. The summed E-state index contributed by atoms with van der Waals surface area (Å²) < 4.78 is 29.2. The van der Waals surface area contributed by atoms with E-state index < -0.39 is 9.84 Å². The maximum Gasteiger partial charge on any atom is 0.205 e. The first-order valence-electron chi connectivity index (χ1n) is 8.33. The Morgan fingerprint density at radius 2 is 1.95 bits per heavy atom. The van der Waals surface area contributed by atoms with Crippen molar-refractivity contribution in [2.75, 3.05) is 18.0 Å². The summed E-state index contributed by atoms with van der Waals surface area (Å²) in [5.74, 6) is 1.49. The molecule has 1 aromatic rings. The molecule has 1 aromatic heterocycles. The first-order valence-corrected chi connectivity index (χ1v) is 10.7. The van der Waals surface area contributed by atoms with E-state index in [1.54, 1.807) is 0 Å².